The SMILES string of the molecule is CCOC(=O)c1nnsc1NC(=O)Cc1csc(N2CCCC2=O)n1. The van der Waals surface area contributed by atoms with E-state index in [4.69, 9.17) is 4.74 Å². The normalized spacial score (nSPS) is 14.0. The summed E-state index contributed by atoms with van der Waals surface area (Å²) in [5.74, 6) is -0.920. The highest BCUT2D eigenvalue weighted by atomic mass is 32.1. The largest absolute Gasteiger partial charge is 0.461 e. The lowest BCUT2D eigenvalue weighted by atomic mass is 10.3. The topological polar surface area (TPSA) is 114 Å². The van der Waals surface area contributed by atoms with Gasteiger partial charge in [-0.1, -0.05) is 4.49 Å². The van der Waals surface area contributed by atoms with Crippen molar-refractivity contribution in [1.82, 2.24) is 14.6 Å². The minimum atomic E-state index is -0.630. The number of ether oxygens (including phenoxy) is 1. The number of carbonyl (C=O) groups excluding carboxylic acids is 3. The van der Waals surface area contributed by atoms with Gasteiger partial charge in [-0.15, -0.1) is 16.4 Å². The predicted octanol–water partition coefficient (Wildman–Crippen LogP) is 1.48. The lowest BCUT2D eigenvalue weighted by Crippen LogP contribution is -2.23. The van der Waals surface area contributed by atoms with Crippen molar-refractivity contribution in [2.24, 2.45) is 0 Å². The Balaban J connectivity index is 1.62. The van der Waals surface area contributed by atoms with Crippen molar-refractivity contribution in [3.63, 3.8) is 0 Å². The number of carbonyl (C=O) groups is 3. The number of hydrogen-bond acceptors (Lipinski definition) is 9. The van der Waals surface area contributed by atoms with Crippen LogP contribution in [0.25, 0.3) is 0 Å². The Labute approximate surface area is 151 Å². The van der Waals surface area contributed by atoms with Gasteiger partial charge in [0.15, 0.2) is 10.1 Å². The Hall–Kier alpha value is -2.40. The first-order valence-electron chi connectivity index (χ1n) is 7.62. The molecule has 1 fully saturated rings. The standard InChI is InChI=1S/C14H15N5O4S2/c1-2-23-13(22)11-12(25-18-17-11)16-9(20)6-8-7-24-14(15-8)19-5-3-4-10(19)21/h7H,2-6H2,1H3,(H,16,20). The molecule has 1 aliphatic rings. The highest BCUT2D eigenvalue weighted by Crippen LogP contribution is 2.26. The fourth-order valence-corrected chi connectivity index (χ4v) is 3.73. The van der Waals surface area contributed by atoms with Gasteiger partial charge in [-0.25, -0.2) is 9.78 Å². The zero-order chi connectivity index (χ0) is 17.8. The Morgan fingerprint density at radius 3 is 3.00 bits per heavy atom. The van der Waals surface area contributed by atoms with E-state index in [9.17, 15) is 14.4 Å². The molecule has 2 amide bonds. The number of aromatic nitrogens is 3. The van der Waals surface area contributed by atoms with Crippen LogP contribution >= 0.6 is 22.9 Å². The molecular weight excluding hydrogens is 366 g/mol. The summed E-state index contributed by atoms with van der Waals surface area (Å²) >= 11 is 2.24. The number of nitrogens with zero attached hydrogens (tertiary/aromatic N) is 4. The number of amides is 2. The van der Waals surface area contributed by atoms with Gasteiger partial charge in [-0.2, -0.15) is 0 Å². The van der Waals surface area contributed by atoms with Gasteiger partial charge >= 0.3 is 5.97 Å². The van der Waals surface area contributed by atoms with E-state index in [1.165, 1.54) is 11.3 Å². The molecule has 0 unspecified atom stereocenters. The average Bonchev–Trinajstić information content (AvgIpc) is 3.28. The van der Waals surface area contributed by atoms with E-state index in [0.717, 1.165) is 18.0 Å². The van der Waals surface area contributed by atoms with Gasteiger partial charge in [-0.05, 0) is 13.3 Å². The predicted molar refractivity (Wildman–Crippen MR) is 91.9 cm³/mol. The van der Waals surface area contributed by atoms with Crippen molar-refractivity contribution in [2.45, 2.75) is 26.2 Å². The highest BCUT2D eigenvalue weighted by molar-refractivity contribution is 7.14. The molecule has 1 N–H and O–H groups in total. The second-order valence-electron chi connectivity index (χ2n) is 5.17. The molecule has 0 radical (unpaired) electrons. The van der Waals surface area contributed by atoms with Gasteiger partial charge in [0.2, 0.25) is 17.5 Å². The van der Waals surface area contributed by atoms with Crippen LogP contribution in [0.15, 0.2) is 5.38 Å². The first-order valence-corrected chi connectivity index (χ1v) is 9.28. The van der Waals surface area contributed by atoms with Crippen molar-refractivity contribution < 1.29 is 19.1 Å². The van der Waals surface area contributed by atoms with Crippen LogP contribution in [0.5, 0.6) is 0 Å². The van der Waals surface area contributed by atoms with Crippen LogP contribution in [0.2, 0.25) is 0 Å². The zero-order valence-corrected chi connectivity index (χ0v) is 15.0. The molecule has 9 nitrogen and oxygen atoms in total. The molecule has 3 rings (SSSR count). The number of rotatable bonds is 6. The second kappa shape index (κ2) is 7.66. The summed E-state index contributed by atoms with van der Waals surface area (Å²) in [7, 11) is 0. The van der Waals surface area contributed by atoms with Crippen molar-refractivity contribution >= 4 is 50.8 Å². The van der Waals surface area contributed by atoms with Crippen molar-refractivity contribution in [2.75, 3.05) is 23.4 Å². The molecule has 0 bridgehead atoms. The first kappa shape index (κ1) is 17.4. The molecule has 1 aliphatic heterocycles. The molecule has 3 heterocycles. The smallest absolute Gasteiger partial charge is 0.362 e. The Bertz CT molecular complexity index is 803. The highest BCUT2D eigenvalue weighted by Gasteiger charge is 2.25. The Kier molecular flexibility index (Phi) is 5.34. The first-order chi connectivity index (χ1) is 12.1. The maximum atomic E-state index is 12.2. The van der Waals surface area contributed by atoms with Crippen LogP contribution in [-0.2, 0) is 20.7 Å². The van der Waals surface area contributed by atoms with Crippen molar-refractivity contribution in [1.29, 1.82) is 0 Å². The molecule has 11 heteroatoms. The third-order valence-electron chi connectivity index (χ3n) is 3.40. The lowest BCUT2D eigenvalue weighted by Gasteiger charge is -2.10. The van der Waals surface area contributed by atoms with Crippen LogP contribution < -0.4 is 10.2 Å². The fourth-order valence-electron chi connectivity index (χ4n) is 2.29. The van der Waals surface area contributed by atoms with Crippen LogP contribution in [0.1, 0.15) is 35.9 Å². The number of thiazole rings is 1. The van der Waals surface area contributed by atoms with E-state index < -0.39 is 5.97 Å². The average molecular weight is 381 g/mol. The van der Waals surface area contributed by atoms with Crippen LogP contribution in [-0.4, -0.2) is 45.5 Å². The van der Waals surface area contributed by atoms with Gasteiger partial charge in [0, 0.05) is 29.9 Å². The third kappa shape index (κ3) is 3.99. The molecule has 2 aromatic rings. The minimum absolute atomic E-state index is 0.0122. The molecule has 25 heavy (non-hydrogen) atoms. The molecule has 0 aliphatic carbocycles. The van der Waals surface area contributed by atoms with E-state index >= 15 is 0 Å². The number of nitrogens with one attached hydrogen (secondary N) is 1. The zero-order valence-electron chi connectivity index (χ0n) is 13.4. The minimum Gasteiger partial charge on any atom is -0.461 e. The maximum Gasteiger partial charge on any atom is 0.362 e. The summed E-state index contributed by atoms with van der Waals surface area (Å²) in [4.78, 5) is 41.6. The van der Waals surface area contributed by atoms with Gasteiger partial charge in [0.1, 0.15) is 0 Å². The summed E-state index contributed by atoms with van der Waals surface area (Å²) in [6.45, 7) is 2.55. The second-order valence-corrected chi connectivity index (χ2v) is 6.76. The Morgan fingerprint density at radius 2 is 2.28 bits per heavy atom. The monoisotopic (exact) mass is 381 g/mol. The molecule has 2 aromatic heterocycles. The van der Waals surface area contributed by atoms with Gasteiger partial charge in [-0.3, -0.25) is 14.5 Å². The summed E-state index contributed by atoms with van der Waals surface area (Å²) in [6, 6.07) is 0. The summed E-state index contributed by atoms with van der Waals surface area (Å²) in [5.41, 5.74) is 0.550. The fraction of sp³-hybridized carbons (Fsp3) is 0.429. The van der Waals surface area contributed by atoms with E-state index in [2.05, 4.69) is 19.9 Å². The van der Waals surface area contributed by atoms with Gasteiger partial charge in [0.25, 0.3) is 0 Å². The van der Waals surface area contributed by atoms with Crippen molar-refractivity contribution in [3.05, 3.63) is 16.8 Å². The van der Waals surface area contributed by atoms with E-state index in [1.807, 2.05) is 0 Å². The molecule has 0 spiro atoms. The van der Waals surface area contributed by atoms with Crippen molar-refractivity contribution in [3.8, 4) is 0 Å². The van der Waals surface area contributed by atoms with Crippen LogP contribution in [0, 0.1) is 0 Å². The van der Waals surface area contributed by atoms with Gasteiger partial charge in [0.05, 0.1) is 18.7 Å². The summed E-state index contributed by atoms with van der Waals surface area (Å²) in [5, 5.41) is 8.88. The quantitative estimate of drug-likeness (QED) is 0.754. The number of esters is 1. The summed E-state index contributed by atoms with van der Waals surface area (Å²) in [6.07, 6.45) is 1.38. The number of anilines is 2. The molecule has 0 aromatic carbocycles. The molecule has 132 valence electrons. The van der Waals surface area contributed by atoms with Crippen LogP contribution in [0.3, 0.4) is 0 Å². The van der Waals surface area contributed by atoms with E-state index in [-0.39, 0.29) is 35.5 Å². The van der Waals surface area contributed by atoms with Crippen LogP contribution in [0.4, 0.5) is 10.1 Å². The number of hydrogen-bond donors (Lipinski definition) is 1. The Morgan fingerprint density at radius 1 is 1.44 bits per heavy atom. The van der Waals surface area contributed by atoms with E-state index in [0.29, 0.717) is 23.8 Å². The van der Waals surface area contributed by atoms with Gasteiger partial charge < -0.3 is 10.1 Å². The third-order valence-corrected chi connectivity index (χ3v) is 4.95. The summed E-state index contributed by atoms with van der Waals surface area (Å²) < 4.78 is 8.53. The lowest BCUT2D eigenvalue weighted by molar-refractivity contribution is -0.117. The maximum absolute atomic E-state index is 12.2. The van der Waals surface area contributed by atoms with E-state index in [1.54, 1.807) is 17.2 Å². The molecule has 0 saturated carbocycles. The molecule has 1 saturated heterocycles. The molecular formula is C14H15N5O4S2. The molecule has 0 atom stereocenters.